The van der Waals surface area contributed by atoms with Crippen molar-refractivity contribution in [2.75, 3.05) is 33.4 Å². The normalized spacial score (nSPS) is 22.0. The number of fused-ring (bicyclic) bond motifs is 1. The first-order chi connectivity index (χ1) is 12.5. The van der Waals surface area contributed by atoms with E-state index in [4.69, 9.17) is 4.74 Å². The molecule has 0 radical (unpaired) electrons. The van der Waals surface area contributed by atoms with Crippen molar-refractivity contribution in [3.63, 3.8) is 0 Å². The Balaban J connectivity index is 1.58. The molecule has 1 N–H and O–H groups in total. The van der Waals surface area contributed by atoms with E-state index >= 15 is 0 Å². The van der Waals surface area contributed by atoms with Crippen LogP contribution in [0.15, 0.2) is 6.07 Å². The van der Waals surface area contributed by atoms with E-state index in [-0.39, 0.29) is 12.6 Å². The molecule has 0 aliphatic carbocycles. The molecule has 1 saturated heterocycles. The van der Waals surface area contributed by atoms with E-state index in [9.17, 15) is 8.42 Å². The number of methoxy groups -OCH3 is 1. The van der Waals surface area contributed by atoms with Crippen LogP contribution in [0.25, 0.3) is 0 Å². The third kappa shape index (κ3) is 4.64. The Labute approximate surface area is 156 Å². The Morgan fingerprint density at radius 3 is 2.96 bits per heavy atom. The number of nitrogens with one attached hydrogen (secondary N) is 1. The van der Waals surface area contributed by atoms with Gasteiger partial charge in [0.25, 0.3) is 10.2 Å². The minimum atomic E-state index is -3.51. The molecule has 1 fully saturated rings. The summed E-state index contributed by atoms with van der Waals surface area (Å²) in [5, 5.41) is 4.57. The molecule has 3 heterocycles. The highest BCUT2D eigenvalue weighted by molar-refractivity contribution is 7.87. The second kappa shape index (κ2) is 8.79. The van der Waals surface area contributed by atoms with Crippen molar-refractivity contribution in [2.45, 2.75) is 58.3 Å². The van der Waals surface area contributed by atoms with Crippen LogP contribution in [0, 0.1) is 0 Å². The summed E-state index contributed by atoms with van der Waals surface area (Å²) in [5.41, 5.74) is 1.95. The summed E-state index contributed by atoms with van der Waals surface area (Å²) in [4.78, 5) is 2.44. The zero-order valence-corrected chi connectivity index (χ0v) is 16.7. The SMILES string of the molecule is CCCCN1CCn2nc(CNS(=O)(=O)N3CCC[C@H]3COC)cc2C1. The van der Waals surface area contributed by atoms with Crippen molar-refractivity contribution < 1.29 is 13.2 Å². The smallest absolute Gasteiger partial charge is 0.280 e. The molecule has 3 rings (SSSR count). The fraction of sp³-hybridized carbons (Fsp3) is 0.824. The molecule has 0 spiro atoms. The van der Waals surface area contributed by atoms with Gasteiger partial charge in [-0.1, -0.05) is 13.3 Å². The predicted octanol–water partition coefficient (Wildman–Crippen LogP) is 0.944. The van der Waals surface area contributed by atoms with Gasteiger partial charge >= 0.3 is 0 Å². The molecular formula is C17H31N5O3S. The minimum absolute atomic E-state index is 0.0696. The van der Waals surface area contributed by atoms with Gasteiger partial charge in [-0.05, 0) is 31.9 Å². The van der Waals surface area contributed by atoms with E-state index in [1.54, 1.807) is 7.11 Å². The van der Waals surface area contributed by atoms with E-state index in [0.717, 1.165) is 44.7 Å². The Kier molecular flexibility index (Phi) is 6.68. The van der Waals surface area contributed by atoms with Gasteiger partial charge < -0.3 is 4.74 Å². The van der Waals surface area contributed by atoms with Gasteiger partial charge in [0.1, 0.15) is 0 Å². The maximum atomic E-state index is 12.6. The lowest BCUT2D eigenvalue weighted by atomic mass is 10.2. The van der Waals surface area contributed by atoms with Gasteiger partial charge in [-0.2, -0.15) is 22.5 Å². The molecule has 9 heteroatoms. The van der Waals surface area contributed by atoms with Crippen LogP contribution < -0.4 is 4.72 Å². The number of hydrogen-bond donors (Lipinski definition) is 1. The summed E-state index contributed by atoms with van der Waals surface area (Å²) in [6.07, 6.45) is 4.13. The lowest BCUT2D eigenvalue weighted by molar-refractivity contribution is 0.148. The van der Waals surface area contributed by atoms with Gasteiger partial charge in [-0.25, -0.2) is 0 Å². The summed E-state index contributed by atoms with van der Waals surface area (Å²) in [5.74, 6) is 0. The third-order valence-corrected chi connectivity index (χ3v) is 6.79. The molecule has 1 aromatic heterocycles. The zero-order valence-electron chi connectivity index (χ0n) is 15.9. The zero-order chi connectivity index (χ0) is 18.6. The molecule has 0 saturated carbocycles. The number of aromatic nitrogens is 2. The monoisotopic (exact) mass is 385 g/mol. The maximum Gasteiger partial charge on any atom is 0.280 e. The van der Waals surface area contributed by atoms with Crippen molar-refractivity contribution in [1.82, 2.24) is 23.7 Å². The van der Waals surface area contributed by atoms with Crippen LogP contribution in [0.1, 0.15) is 44.0 Å². The number of hydrogen-bond acceptors (Lipinski definition) is 5. The summed E-state index contributed by atoms with van der Waals surface area (Å²) in [6.45, 7) is 7.30. The Bertz CT molecular complexity index is 691. The molecule has 148 valence electrons. The van der Waals surface area contributed by atoms with Crippen LogP contribution in [0.5, 0.6) is 0 Å². The first kappa shape index (κ1) is 19.8. The van der Waals surface area contributed by atoms with E-state index in [0.29, 0.717) is 13.2 Å². The molecule has 26 heavy (non-hydrogen) atoms. The molecule has 1 aromatic rings. The molecule has 0 bridgehead atoms. The average molecular weight is 386 g/mol. The van der Waals surface area contributed by atoms with Crippen molar-refractivity contribution in [3.8, 4) is 0 Å². The van der Waals surface area contributed by atoms with Crippen LogP contribution in [0.4, 0.5) is 0 Å². The van der Waals surface area contributed by atoms with Gasteiger partial charge in [0.15, 0.2) is 0 Å². The Morgan fingerprint density at radius 2 is 2.19 bits per heavy atom. The van der Waals surface area contributed by atoms with Crippen molar-refractivity contribution in [1.29, 1.82) is 0 Å². The largest absolute Gasteiger partial charge is 0.383 e. The second-order valence-electron chi connectivity index (χ2n) is 7.17. The second-order valence-corrected chi connectivity index (χ2v) is 8.88. The Morgan fingerprint density at radius 1 is 1.35 bits per heavy atom. The first-order valence-electron chi connectivity index (χ1n) is 9.57. The van der Waals surface area contributed by atoms with Gasteiger partial charge in [0, 0.05) is 32.8 Å². The first-order valence-corrected chi connectivity index (χ1v) is 11.0. The van der Waals surface area contributed by atoms with Gasteiger partial charge in [0.05, 0.1) is 31.1 Å². The fourth-order valence-electron chi connectivity index (χ4n) is 3.77. The maximum absolute atomic E-state index is 12.6. The van der Waals surface area contributed by atoms with Gasteiger partial charge in [-0.15, -0.1) is 0 Å². The number of ether oxygens (including phenoxy) is 1. The van der Waals surface area contributed by atoms with Crippen LogP contribution in [-0.4, -0.2) is 66.8 Å². The quantitative estimate of drug-likeness (QED) is 0.684. The minimum Gasteiger partial charge on any atom is -0.383 e. The number of unbranched alkanes of at least 4 members (excludes halogenated alkanes) is 1. The average Bonchev–Trinajstić information content (AvgIpc) is 3.25. The third-order valence-electron chi connectivity index (χ3n) is 5.18. The highest BCUT2D eigenvalue weighted by atomic mass is 32.2. The predicted molar refractivity (Wildman–Crippen MR) is 99.8 cm³/mol. The molecule has 1 atom stereocenters. The molecule has 0 aromatic carbocycles. The number of rotatable bonds is 9. The topological polar surface area (TPSA) is 79.7 Å². The summed E-state index contributed by atoms with van der Waals surface area (Å²) >= 11 is 0. The fourth-order valence-corrected chi connectivity index (χ4v) is 5.20. The standard InChI is InChI=1S/C17H31N5O3S/c1-3-4-7-20-9-10-21-17(13-20)11-15(19-21)12-18-26(23,24)22-8-5-6-16(22)14-25-2/h11,16,18H,3-10,12-14H2,1-2H3/t16-/m0/s1. The lowest BCUT2D eigenvalue weighted by Gasteiger charge is -2.27. The molecular weight excluding hydrogens is 354 g/mol. The Hall–Kier alpha value is -1.00. The van der Waals surface area contributed by atoms with Crippen molar-refractivity contribution in [2.24, 2.45) is 0 Å². The van der Waals surface area contributed by atoms with Gasteiger partial charge in [0.2, 0.25) is 0 Å². The summed E-state index contributed by atoms with van der Waals surface area (Å²) in [6, 6.07) is 1.96. The lowest BCUT2D eigenvalue weighted by Crippen LogP contribution is -2.44. The van der Waals surface area contributed by atoms with Crippen LogP contribution in [0.2, 0.25) is 0 Å². The molecule has 2 aliphatic heterocycles. The molecule has 0 amide bonds. The van der Waals surface area contributed by atoms with E-state index in [2.05, 4.69) is 21.6 Å². The van der Waals surface area contributed by atoms with Crippen molar-refractivity contribution in [3.05, 3.63) is 17.5 Å². The van der Waals surface area contributed by atoms with Crippen LogP contribution in [-0.2, 0) is 34.6 Å². The van der Waals surface area contributed by atoms with E-state index < -0.39 is 10.2 Å². The van der Waals surface area contributed by atoms with E-state index in [1.807, 2.05) is 10.7 Å². The molecule has 2 aliphatic rings. The highest BCUT2D eigenvalue weighted by Gasteiger charge is 2.34. The van der Waals surface area contributed by atoms with Crippen molar-refractivity contribution >= 4 is 10.2 Å². The summed E-state index contributed by atoms with van der Waals surface area (Å²) in [7, 11) is -1.90. The number of nitrogens with zero attached hydrogens (tertiary/aromatic N) is 4. The van der Waals surface area contributed by atoms with Gasteiger partial charge in [-0.3, -0.25) is 9.58 Å². The molecule has 8 nitrogen and oxygen atoms in total. The van der Waals surface area contributed by atoms with Crippen LogP contribution in [0.3, 0.4) is 0 Å². The van der Waals surface area contributed by atoms with Crippen LogP contribution >= 0.6 is 0 Å². The summed E-state index contributed by atoms with van der Waals surface area (Å²) < 4.78 is 36.6. The molecule has 0 unspecified atom stereocenters. The van der Waals surface area contributed by atoms with E-state index in [1.165, 1.54) is 22.8 Å². The highest BCUT2D eigenvalue weighted by Crippen LogP contribution is 2.21.